The van der Waals surface area contributed by atoms with E-state index in [2.05, 4.69) is 0 Å². The fourth-order valence-corrected chi connectivity index (χ4v) is 2.12. The molecule has 0 bridgehead atoms. The highest BCUT2D eigenvalue weighted by Gasteiger charge is 2.36. The van der Waals surface area contributed by atoms with E-state index in [1.807, 2.05) is 0 Å². The van der Waals surface area contributed by atoms with Crippen LogP contribution in [0.3, 0.4) is 0 Å². The lowest BCUT2D eigenvalue weighted by molar-refractivity contribution is -0.646. The van der Waals surface area contributed by atoms with Crippen LogP contribution in [-0.2, 0) is 9.84 Å². The lowest BCUT2D eigenvalue weighted by Crippen LogP contribution is -2.40. The second-order valence-corrected chi connectivity index (χ2v) is 6.63. The normalized spacial score (nSPS) is 12.8. The third-order valence-corrected chi connectivity index (χ3v) is 4.35. The molecule has 0 spiro atoms. The van der Waals surface area contributed by atoms with E-state index in [-0.39, 0.29) is 5.03 Å². The summed E-state index contributed by atoms with van der Waals surface area (Å²) >= 11 is 0. The smallest absolute Gasteiger partial charge is 0.309 e. The zero-order valence-corrected chi connectivity index (χ0v) is 9.21. The molecule has 5 heteroatoms. The average Bonchev–Trinajstić information content (AvgIpc) is 2.02. The molecule has 0 saturated heterocycles. The van der Waals surface area contributed by atoms with Crippen molar-refractivity contribution in [1.29, 1.82) is 0 Å². The van der Waals surface area contributed by atoms with Gasteiger partial charge in [0.15, 0.2) is 6.20 Å². The minimum Gasteiger partial charge on any atom is -0.618 e. The monoisotopic (exact) mass is 215 g/mol. The van der Waals surface area contributed by atoms with E-state index in [0.717, 1.165) is 0 Å². The molecule has 0 fully saturated rings. The topological polar surface area (TPSA) is 61.1 Å². The molecule has 0 N–H and O–H groups in total. The lowest BCUT2D eigenvalue weighted by Gasteiger charge is -2.17. The van der Waals surface area contributed by atoms with E-state index < -0.39 is 14.6 Å². The summed E-state index contributed by atoms with van der Waals surface area (Å²) in [4.78, 5) is 0. The van der Waals surface area contributed by atoms with Crippen molar-refractivity contribution in [3.63, 3.8) is 0 Å². The van der Waals surface area contributed by atoms with Crippen LogP contribution in [0.5, 0.6) is 0 Å². The van der Waals surface area contributed by atoms with Gasteiger partial charge in [-0.25, -0.2) is 8.42 Å². The molecule has 0 amide bonds. The first-order chi connectivity index (χ1) is 6.27. The first kappa shape index (κ1) is 11.0. The van der Waals surface area contributed by atoms with Gasteiger partial charge in [-0.2, -0.15) is 4.73 Å². The summed E-state index contributed by atoms with van der Waals surface area (Å²) in [6, 6.07) is 4.34. The lowest BCUT2D eigenvalue weighted by atomic mass is 10.3. The number of hydrogen-bond donors (Lipinski definition) is 0. The number of pyridine rings is 1. The Balaban J connectivity index is 3.40. The van der Waals surface area contributed by atoms with Gasteiger partial charge in [-0.05, 0) is 26.8 Å². The molecule has 0 radical (unpaired) electrons. The van der Waals surface area contributed by atoms with Crippen molar-refractivity contribution in [3.8, 4) is 0 Å². The van der Waals surface area contributed by atoms with Crippen LogP contribution in [0, 0.1) is 5.21 Å². The molecule has 14 heavy (non-hydrogen) atoms. The van der Waals surface area contributed by atoms with Gasteiger partial charge < -0.3 is 5.21 Å². The standard InChI is InChI=1S/C9H13NO3S/c1-9(2,3)14(12,13)8-6-4-5-7-10(8)11/h4-7H,1-3H3. The first-order valence-electron chi connectivity index (χ1n) is 4.19. The molecule has 0 aliphatic rings. The van der Waals surface area contributed by atoms with Gasteiger partial charge in [0.25, 0.3) is 0 Å². The summed E-state index contributed by atoms with van der Waals surface area (Å²) in [6.07, 6.45) is 1.18. The zero-order chi connectivity index (χ0) is 11.0. The van der Waals surface area contributed by atoms with E-state index in [4.69, 9.17) is 0 Å². The summed E-state index contributed by atoms with van der Waals surface area (Å²) in [6.45, 7) is 4.69. The highest BCUT2D eigenvalue weighted by molar-refractivity contribution is 7.92. The molecule has 0 unspecified atom stereocenters. The Morgan fingerprint density at radius 1 is 1.29 bits per heavy atom. The molecule has 4 nitrogen and oxygen atoms in total. The number of nitrogens with zero attached hydrogens (tertiary/aromatic N) is 1. The van der Waals surface area contributed by atoms with Gasteiger partial charge in [0, 0.05) is 12.1 Å². The summed E-state index contributed by atoms with van der Waals surface area (Å²) in [5, 5.41) is 11.0. The summed E-state index contributed by atoms with van der Waals surface area (Å²) < 4.78 is 23.1. The molecule has 1 aromatic heterocycles. The van der Waals surface area contributed by atoms with Crippen LogP contribution in [-0.4, -0.2) is 13.2 Å². The molecule has 1 heterocycles. The number of rotatable bonds is 1. The zero-order valence-electron chi connectivity index (χ0n) is 8.39. The Hall–Kier alpha value is -1.10. The van der Waals surface area contributed by atoms with Crippen LogP contribution in [0.2, 0.25) is 0 Å². The molecular weight excluding hydrogens is 202 g/mol. The number of hydrogen-bond acceptors (Lipinski definition) is 3. The maximum Gasteiger partial charge on any atom is 0.309 e. The largest absolute Gasteiger partial charge is 0.618 e. The molecule has 0 aliphatic heterocycles. The van der Waals surface area contributed by atoms with Crippen LogP contribution < -0.4 is 4.73 Å². The van der Waals surface area contributed by atoms with Crippen molar-refractivity contribution in [2.45, 2.75) is 30.5 Å². The summed E-state index contributed by atoms with van der Waals surface area (Å²) in [7, 11) is -3.56. The van der Waals surface area contributed by atoms with Crippen LogP contribution in [0.25, 0.3) is 0 Å². The second-order valence-electron chi connectivity index (χ2n) is 3.98. The Morgan fingerprint density at radius 2 is 1.86 bits per heavy atom. The maximum absolute atomic E-state index is 11.9. The van der Waals surface area contributed by atoms with E-state index in [9.17, 15) is 13.6 Å². The van der Waals surface area contributed by atoms with Crippen molar-refractivity contribution in [1.82, 2.24) is 0 Å². The van der Waals surface area contributed by atoms with Crippen molar-refractivity contribution in [2.75, 3.05) is 0 Å². The molecule has 0 aromatic carbocycles. The van der Waals surface area contributed by atoms with Gasteiger partial charge in [-0.1, -0.05) is 0 Å². The van der Waals surface area contributed by atoms with E-state index in [1.165, 1.54) is 24.4 Å². The first-order valence-corrected chi connectivity index (χ1v) is 5.68. The van der Waals surface area contributed by atoms with E-state index >= 15 is 0 Å². The van der Waals surface area contributed by atoms with Gasteiger partial charge in [-0.15, -0.1) is 0 Å². The minimum absolute atomic E-state index is 0.201. The summed E-state index contributed by atoms with van der Waals surface area (Å²) in [5.41, 5.74) is 0. The van der Waals surface area contributed by atoms with Gasteiger partial charge in [0.2, 0.25) is 9.84 Å². The SMILES string of the molecule is CC(C)(C)S(=O)(=O)c1cccc[n+]1[O-]. The summed E-state index contributed by atoms with van der Waals surface area (Å²) in [5.74, 6) is 0. The number of sulfone groups is 1. The molecule has 0 saturated carbocycles. The van der Waals surface area contributed by atoms with Crippen molar-refractivity contribution >= 4 is 9.84 Å². The van der Waals surface area contributed by atoms with Crippen LogP contribution in [0.15, 0.2) is 29.4 Å². The Kier molecular flexibility index (Phi) is 2.54. The van der Waals surface area contributed by atoms with E-state index in [1.54, 1.807) is 20.8 Å². The third kappa shape index (κ3) is 1.72. The van der Waals surface area contributed by atoms with Crippen molar-refractivity contribution in [3.05, 3.63) is 29.6 Å². The second kappa shape index (κ2) is 3.24. The van der Waals surface area contributed by atoms with Crippen molar-refractivity contribution < 1.29 is 13.1 Å². The highest BCUT2D eigenvalue weighted by Crippen LogP contribution is 2.21. The highest BCUT2D eigenvalue weighted by atomic mass is 32.2. The molecule has 78 valence electrons. The Morgan fingerprint density at radius 3 is 2.29 bits per heavy atom. The van der Waals surface area contributed by atoms with E-state index in [0.29, 0.717) is 4.73 Å². The predicted molar refractivity (Wildman–Crippen MR) is 52.3 cm³/mol. The van der Waals surface area contributed by atoms with Gasteiger partial charge in [-0.3, -0.25) is 0 Å². The van der Waals surface area contributed by atoms with Crippen molar-refractivity contribution in [2.24, 2.45) is 0 Å². The van der Waals surface area contributed by atoms with Gasteiger partial charge >= 0.3 is 5.03 Å². The molecule has 0 atom stereocenters. The molecular formula is C9H13NO3S. The van der Waals surface area contributed by atoms with Crippen LogP contribution >= 0.6 is 0 Å². The Bertz CT molecular complexity index is 432. The quantitative estimate of drug-likeness (QED) is 0.516. The molecule has 0 aliphatic carbocycles. The third-order valence-electron chi connectivity index (χ3n) is 1.87. The fraction of sp³-hybridized carbons (Fsp3) is 0.444. The predicted octanol–water partition coefficient (Wildman–Crippen LogP) is 0.892. The molecule has 1 rings (SSSR count). The fourth-order valence-electron chi connectivity index (χ4n) is 0.934. The average molecular weight is 215 g/mol. The van der Waals surface area contributed by atoms with Crippen LogP contribution in [0.1, 0.15) is 20.8 Å². The van der Waals surface area contributed by atoms with Gasteiger partial charge in [0.05, 0.1) is 4.75 Å². The van der Waals surface area contributed by atoms with Crippen LogP contribution in [0.4, 0.5) is 0 Å². The van der Waals surface area contributed by atoms with Gasteiger partial charge in [0.1, 0.15) is 0 Å². The number of aromatic nitrogens is 1. The minimum atomic E-state index is -3.56. The molecule has 1 aromatic rings. The maximum atomic E-state index is 11.9. The Labute approximate surface area is 83.7 Å².